The molecule has 0 spiro atoms. The fourth-order valence-electron chi connectivity index (χ4n) is 7.71. The third-order valence-corrected chi connectivity index (χ3v) is 13.6. The molecule has 2 atom stereocenters. The molecule has 350 valence electrons. The van der Waals surface area contributed by atoms with Gasteiger partial charge in [-0.05, 0) is 25.7 Å². The minimum Gasteiger partial charge on any atom is -0.302 e. The molecule has 0 radical (unpaired) electrons. The molecule has 8 nitrogen and oxygen atoms in total. The van der Waals surface area contributed by atoms with E-state index in [4.69, 9.17) is 18.1 Å². The van der Waals surface area contributed by atoms with E-state index in [0.717, 1.165) is 51.4 Å². The zero-order chi connectivity index (χ0) is 42.4. The largest absolute Gasteiger partial charge is 0.472 e. The van der Waals surface area contributed by atoms with Crippen LogP contribution in [-0.4, -0.2) is 36.2 Å². The van der Waals surface area contributed by atoms with Crippen molar-refractivity contribution >= 4 is 15.6 Å². The number of rotatable bonds is 51. The maximum atomic E-state index is 12.1. The number of phosphoric ester groups is 2. The number of phosphoric acid groups is 2. The van der Waals surface area contributed by atoms with Crippen LogP contribution in [0.5, 0.6) is 0 Å². The van der Waals surface area contributed by atoms with Gasteiger partial charge in [-0.3, -0.25) is 18.1 Å². The summed E-state index contributed by atoms with van der Waals surface area (Å²) in [5.41, 5.74) is 0. The van der Waals surface area contributed by atoms with Gasteiger partial charge in [0.15, 0.2) is 0 Å². The standard InChI is InChI=1S/C48H100O8P2/c1-3-5-7-9-11-13-29-33-37-41-45-53-57(49,50)55-47-43-39-35-31-27-25-23-21-19-17-15-16-18-20-22-24-26-28-32-36-40-44-48-56-58(51,52)54-46-42-38-34-30-14-12-10-8-6-4-2/h3-48H2,1-2H3,(H,49,50)(H,51,52). The van der Waals surface area contributed by atoms with E-state index in [-0.39, 0.29) is 0 Å². The van der Waals surface area contributed by atoms with Gasteiger partial charge in [-0.25, -0.2) is 9.13 Å². The normalized spacial score (nSPS) is 13.9. The summed E-state index contributed by atoms with van der Waals surface area (Å²) < 4.78 is 44.8. The van der Waals surface area contributed by atoms with Crippen LogP contribution in [0.3, 0.4) is 0 Å². The maximum Gasteiger partial charge on any atom is 0.472 e. The second kappa shape index (κ2) is 46.7. The van der Waals surface area contributed by atoms with E-state index >= 15 is 0 Å². The van der Waals surface area contributed by atoms with Crippen molar-refractivity contribution in [2.24, 2.45) is 0 Å². The van der Waals surface area contributed by atoms with Gasteiger partial charge in [0.25, 0.3) is 0 Å². The van der Waals surface area contributed by atoms with Crippen LogP contribution in [0.2, 0.25) is 0 Å². The van der Waals surface area contributed by atoms with Gasteiger partial charge in [0, 0.05) is 0 Å². The highest BCUT2D eigenvalue weighted by Crippen LogP contribution is 2.44. The molecule has 0 aromatic rings. The molecule has 0 rings (SSSR count). The first kappa shape index (κ1) is 58.2. The van der Waals surface area contributed by atoms with Gasteiger partial charge in [-0.2, -0.15) is 0 Å². The average molecular weight is 867 g/mol. The topological polar surface area (TPSA) is 112 Å². The predicted molar refractivity (Wildman–Crippen MR) is 249 cm³/mol. The van der Waals surface area contributed by atoms with Crippen molar-refractivity contribution in [3.63, 3.8) is 0 Å². The maximum absolute atomic E-state index is 12.1. The summed E-state index contributed by atoms with van der Waals surface area (Å²) in [6.07, 6.45) is 52.1. The van der Waals surface area contributed by atoms with E-state index in [1.807, 2.05) is 0 Å². The molecule has 2 unspecified atom stereocenters. The summed E-state index contributed by atoms with van der Waals surface area (Å²) >= 11 is 0. The molecule has 2 N–H and O–H groups in total. The van der Waals surface area contributed by atoms with Crippen LogP contribution in [0.25, 0.3) is 0 Å². The van der Waals surface area contributed by atoms with Crippen molar-refractivity contribution in [2.75, 3.05) is 26.4 Å². The van der Waals surface area contributed by atoms with Crippen LogP contribution in [0.1, 0.15) is 284 Å². The number of hydrogen-bond donors (Lipinski definition) is 2. The molecule has 0 aliphatic rings. The molecule has 0 aliphatic carbocycles. The molecule has 0 saturated carbocycles. The van der Waals surface area contributed by atoms with Crippen molar-refractivity contribution < 1.29 is 37.0 Å². The second-order valence-corrected chi connectivity index (χ2v) is 20.3. The summed E-state index contributed by atoms with van der Waals surface area (Å²) in [7, 11) is -7.79. The second-order valence-electron chi connectivity index (χ2n) is 17.4. The third kappa shape index (κ3) is 48.9. The van der Waals surface area contributed by atoms with Crippen LogP contribution >= 0.6 is 15.6 Å². The predicted octanol–water partition coefficient (Wildman–Crippen LogP) is 17.7. The van der Waals surface area contributed by atoms with Gasteiger partial charge in [0.2, 0.25) is 0 Å². The third-order valence-electron chi connectivity index (χ3n) is 11.6. The highest BCUT2D eigenvalue weighted by atomic mass is 31.2. The average Bonchev–Trinajstić information content (AvgIpc) is 3.20. The first-order chi connectivity index (χ1) is 28.3. The lowest BCUT2D eigenvalue weighted by atomic mass is 10.0. The Morgan fingerprint density at radius 2 is 0.362 bits per heavy atom. The van der Waals surface area contributed by atoms with E-state index in [1.165, 1.54) is 218 Å². The van der Waals surface area contributed by atoms with E-state index in [9.17, 15) is 18.9 Å². The molecular formula is C48H100O8P2. The molecule has 0 heterocycles. The zero-order valence-electron chi connectivity index (χ0n) is 38.8. The van der Waals surface area contributed by atoms with Crippen molar-refractivity contribution in [1.82, 2.24) is 0 Å². The van der Waals surface area contributed by atoms with Gasteiger partial charge in [-0.1, -0.05) is 258 Å². The van der Waals surface area contributed by atoms with Gasteiger partial charge < -0.3 is 9.79 Å². The molecule has 0 aromatic carbocycles. The molecule has 58 heavy (non-hydrogen) atoms. The van der Waals surface area contributed by atoms with Crippen molar-refractivity contribution in [3.8, 4) is 0 Å². The summed E-state index contributed by atoms with van der Waals surface area (Å²) in [6.45, 7) is 5.73. The molecular weight excluding hydrogens is 766 g/mol. The van der Waals surface area contributed by atoms with Crippen molar-refractivity contribution in [2.45, 2.75) is 284 Å². The van der Waals surface area contributed by atoms with Crippen molar-refractivity contribution in [1.29, 1.82) is 0 Å². The van der Waals surface area contributed by atoms with Gasteiger partial charge in [0.05, 0.1) is 26.4 Å². The highest BCUT2D eigenvalue weighted by molar-refractivity contribution is 7.47. The van der Waals surface area contributed by atoms with Crippen molar-refractivity contribution in [3.05, 3.63) is 0 Å². The van der Waals surface area contributed by atoms with Crippen LogP contribution in [-0.2, 0) is 27.2 Å². The smallest absolute Gasteiger partial charge is 0.302 e. The Bertz CT molecular complexity index is 822. The minimum atomic E-state index is -3.89. The molecule has 10 heteroatoms. The van der Waals surface area contributed by atoms with Crippen LogP contribution in [0.15, 0.2) is 0 Å². The summed E-state index contributed by atoms with van der Waals surface area (Å²) in [4.78, 5) is 19.8. The lowest BCUT2D eigenvalue weighted by molar-refractivity contribution is 0.144. The Morgan fingerprint density at radius 1 is 0.241 bits per heavy atom. The van der Waals surface area contributed by atoms with Crippen LogP contribution < -0.4 is 0 Å². The molecule has 0 aromatic heterocycles. The van der Waals surface area contributed by atoms with Crippen LogP contribution in [0.4, 0.5) is 0 Å². The fraction of sp³-hybridized carbons (Fsp3) is 1.00. The Balaban J connectivity index is 3.29. The number of hydrogen-bond acceptors (Lipinski definition) is 6. The molecule has 0 fully saturated rings. The number of unbranched alkanes of at least 4 members (excludes halogenated alkanes) is 39. The van der Waals surface area contributed by atoms with E-state index in [1.54, 1.807) is 0 Å². The Morgan fingerprint density at radius 3 is 0.500 bits per heavy atom. The monoisotopic (exact) mass is 867 g/mol. The Hall–Kier alpha value is 0.220. The quantitative estimate of drug-likeness (QED) is 0.0459. The van der Waals surface area contributed by atoms with Gasteiger partial charge >= 0.3 is 15.6 Å². The molecule has 0 amide bonds. The van der Waals surface area contributed by atoms with E-state index in [2.05, 4.69) is 13.8 Å². The lowest BCUT2D eigenvalue weighted by Crippen LogP contribution is -1.99. The zero-order valence-corrected chi connectivity index (χ0v) is 40.6. The highest BCUT2D eigenvalue weighted by Gasteiger charge is 2.21. The minimum absolute atomic E-state index is 0.306. The molecule has 0 aliphatic heterocycles. The Labute approximate surface area is 361 Å². The Kier molecular flexibility index (Phi) is 46.9. The SMILES string of the molecule is CCCCCCCCCCCCOP(=O)(O)OCCCCCCCCCCCCCCCCCCCCCCCCOP(=O)(O)OCCCCCCCCCCCC. The lowest BCUT2D eigenvalue weighted by Gasteiger charge is -2.12. The first-order valence-electron chi connectivity index (χ1n) is 25.6. The fourth-order valence-corrected chi connectivity index (χ4v) is 9.30. The van der Waals surface area contributed by atoms with E-state index < -0.39 is 15.6 Å². The first-order valence-corrected chi connectivity index (χ1v) is 28.6. The van der Waals surface area contributed by atoms with E-state index in [0.29, 0.717) is 26.4 Å². The molecule has 0 bridgehead atoms. The molecule has 0 saturated heterocycles. The summed E-state index contributed by atoms with van der Waals surface area (Å²) in [5.74, 6) is 0. The van der Waals surface area contributed by atoms with Crippen LogP contribution in [0, 0.1) is 0 Å². The van der Waals surface area contributed by atoms with Gasteiger partial charge in [-0.15, -0.1) is 0 Å². The summed E-state index contributed by atoms with van der Waals surface area (Å²) in [6, 6.07) is 0. The summed E-state index contributed by atoms with van der Waals surface area (Å²) in [5, 5.41) is 0. The van der Waals surface area contributed by atoms with Gasteiger partial charge in [0.1, 0.15) is 0 Å².